The van der Waals surface area contributed by atoms with Gasteiger partial charge in [0.05, 0.1) is 10.4 Å². The third kappa shape index (κ3) is 3.53. The van der Waals surface area contributed by atoms with Gasteiger partial charge in [-0.15, -0.1) is 0 Å². The maximum atomic E-state index is 11.9. The van der Waals surface area contributed by atoms with Crippen molar-refractivity contribution in [2.24, 2.45) is 0 Å². The van der Waals surface area contributed by atoms with Gasteiger partial charge in [0.1, 0.15) is 0 Å². The first-order valence-corrected chi connectivity index (χ1v) is 9.84. The molecule has 3 aromatic rings. The number of benzene rings is 2. The maximum absolute atomic E-state index is 11.9. The lowest BCUT2D eigenvalue weighted by Crippen LogP contribution is -2.17. The first kappa shape index (κ1) is 17.9. The van der Waals surface area contributed by atoms with Gasteiger partial charge in [0, 0.05) is 28.7 Å². The number of aryl methyl sites for hydroxylation is 1. The second-order valence-corrected chi connectivity index (χ2v) is 7.81. The van der Waals surface area contributed by atoms with Crippen LogP contribution in [0.15, 0.2) is 53.6 Å². The van der Waals surface area contributed by atoms with Crippen molar-refractivity contribution in [2.75, 3.05) is 0 Å². The number of nitrogens with one attached hydrogen (secondary N) is 1. The topological polar surface area (TPSA) is 51.1 Å². The first-order valence-electron chi connectivity index (χ1n) is 8.65. The molecule has 2 aromatic carbocycles. The Morgan fingerprint density at radius 1 is 1.15 bits per heavy atom. The van der Waals surface area contributed by atoms with Crippen LogP contribution in [0.3, 0.4) is 0 Å². The molecule has 0 aliphatic carbocycles. The molecule has 1 fully saturated rings. The number of hydrogen-bond acceptors (Lipinski definition) is 3. The van der Waals surface area contributed by atoms with Crippen LogP contribution >= 0.6 is 23.4 Å². The Morgan fingerprint density at radius 3 is 2.59 bits per heavy atom. The van der Waals surface area contributed by atoms with Gasteiger partial charge in [-0.05, 0) is 47.5 Å². The van der Waals surface area contributed by atoms with Gasteiger partial charge in [-0.1, -0.05) is 48.9 Å². The molecule has 1 aromatic heterocycles. The van der Waals surface area contributed by atoms with Gasteiger partial charge >= 0.3 is 0 Å². The third-order valence-electron chi connectivity index (χ3n) is 4.59. The molecule has 0 spiro atoms. The van der Waals surface area contributed by atoms with E-state index in [0.717, 1.165) is 40.2 Å². The van der Waals surface area contributed by atoms with Crippen molar-refractivity contribution < 1.29 is 9.59 Å². The lowest BCUT2D eigenvalue weighted by Gasteiger charge is -2.09. The number of fused-ring (bicyclic) bond motifs is 1. The standard InChI is InChI=1S/C21H17ClN2O2S/c1-2-14-4-3-5-17-15(10-18-20(25)23-21(26)27-18)12-24(19(14)17)11-13-6-8-16(22)9-7-13/h3-10,12H,2,11H2,1H3,(H,23,25,26)/b18-10-. The average molecular weight is 397 g/mol. The van der Waals surface area contributed by atoms with Gasteiger partial charge in [-0.2, -0.15) is 0 Å². The quantitative estimate of drug-likeness (QED) is 0.614. The Bertz CT molecular complexity index is 1080. The normalized spacial score (nSPS) is 15.7. The van der Waals surface area contributed by atoms with Crippen LogP contribution in [0, 0.1) is 0 Å². The minimum Gasteiger partial charge on any atom is -0.342 e. The number of nitrogens with zero attached hydrogens (tertiary/aromatic N) is 1. The van der Waals surface area contributed by atoms with Crippen molar-refractivity contribution in [1.82, 2.24) is 9.88 Å². The van der Waals surface area contributed by atoms with Gasteiger partial charge in [0.15, 0.2) is 0 Å². The second kappa shape index (κ2) is 7.25. The first-order chi connectivity index (χ1) is 13.0. The summed E-state index contributed by atoms with van der Waals surface area (Å²) in [5, 5.41) is 3.76. The van der Waals surface area contributed by atoms with E-state index in [-0.39, 0.29) is 11.1 Å². The molecule has 1 aliphatic heterocycles. The number of hydrogen-bond donors (Lipinski definition) is 1. The van der Waals surface area contributed by atoms with Crippen molar-refractivity contribution in [3.8, 4) is 0 Å². The van der Waals surface area contributed by atoms with Crippen molar-refractivity contribution in [3.05, 3.63) is 75.3 Å². The van der Waals surface area contributed by atoms with Crippen molar-refractivity contribution >= 4 is 51.5 Å². The molecule has 4 nitrogen and oxygen atoms in total. The summed E-state index contributed by atoms with van der Waals surface area (Å²) in [6.07, 6.45) is 4.75. The van der Waals surface area contributed by atoms with E-state index >= 15 is 0 Å². The lowest BCUT2D eigenvalue weighted by atomic mass is 10.1. The summed E-state index contributed by atoms with van der Waals surface area (Å²) in [5.41, 5.74) is 4.47. The molecular formula is C21H17ClN2O2S. The van der Waals surface area contributed by atoms with Gasteiger partial charge in [-0.3, -0.25) is 14.9 Å². The molecule has 2 amide bonds. The maximum Gasteiger partial charge on any atom is 0.290 e. The highest BCUT2D eigenvalue weighted by molar-refractivity contribution is 8.18. The predicted octanol–water partition coefficient (Wildman–Crippen LogP) is 5.23. The molecule has 2 heterocycles. The molecule has 136 valence electrons. The largest absolute Gasteiger partial charge is 0.342 e. The van der Waals surface area contributed by atoms with Crippen LogP contribution in [-0.2, 0) is 17.8 Å². The summed E-state index contributed by atoms with van der Waals surface area (Å²) >= 11 is 6.94. The summed E-state index contributed by atoms with van der Waals surface area (Å²) in [5.74, 6) is -0.338. The van der Waals surface area contributed by atoms with Crippen LogP contribution in [-0.4, -0.2) is 15.7 Å². The van der Waals surface area contributed by atoms with Crippen molar-refractivity contribution in [2.45, 2.75) is 19.9 Å². The zero-order chi connectivity index (χ0) is 19.0. The highest BCUT2D eigenvalue weighted by Gasteiger charge is 2.25. The number of para-hydroxylation sites is 1. The molecule has 1 saturated heterocycles. The van der Waals surface area contributed by atoms with Gasteiger partial charge in [-0.25, -0.2) is 0 Å². The van der Waals surface area contributed by atoms with Gasteiger partial charge in [0.25, 0.3) is 11.1 Å². The average Bonchev–Trinajstić information content (AvgIpc) is 3.16. The molecule has 0 unspecified atom stereocenters. The molecule has 1 N–H and O–H groups in total. The Morgan fingerprint density at radius 2 is 1.93 bits per heavy atom. The zero-order valence-corrected chi connectivity index (χ0v) is 16.2. The van der Waals surface area contributed by atoms with E-state index in [4.69, 9.17) is 11.6 Å². The molecular weight excluding hydrogens is 380 g/mol. The van der Waals surface area contributed by atoms with Crippen LogP contribution < -0.4 is 5.32 Å². The van der Waals surface area contributed by atoms with Crippen LogP contribution in [0.2, 0.25) is 5.02 Å². The van der Waals surface area contributed by atoms with Crippen LogP contribution in [0.1, 0.15) is 23.6 Å². The number of carbonyl (C=O) groups is 2. The Balaban J connectivity index is 1.83. The summed E-state index contributed by atoms with van der Waals surface area (Å²) < 4.78 is 2.20. The molecule has 0 saturated carbocycles. The van der Waals surface area contributed by atoms with E-state index in [1.165, 1.54) is 5.56 Å². The summed E-state index contributed by atoms with van der Waals surface area (Å²) in [4.78, 5) is 23.8. The van der Waals surface area contributed by atoms with Crippen molar-refractivity contribution in [3.63, 3.8) is 0 Å². The minimum atomic E-state index is -0.338. The molecule has 0 bridgehead atoms. The Hall–Kier alpha value is -2.50. The summed E-state index contributed by atoms with van der Waals surface area (Å²) in [6.45, 7) is 2.83. The minimum absolute atomic E-state index is 0.328. The fourth-order valence-corrected chi connectivity index (χ4v) is 4.14. The van der Waals surface area contributed by atoms with E-state index in [1.807, 2.05) is 36.5 Å². The van der Waals surface area contributed by atoms with Crippen LogP contribution in [0.25, 0.3) is 17.0 Å². The highest BCUT2D eigenvalue weighted by atomic mass is 35.5. The van der Waals surface area contributed by atoms with Gasteiger partial charge in [0.2, 0.25) is 0 Å². The van der Waals surface area contributed by atoms with Crippen molar-refractivity contribution in [1.29, 1.82) is 0 Å². The molecule has 4 rings (SSSR count). The molecule has 1 aliphatic rings. The van der Waals surface area contributed by atoms with Crippen LogP contribution in [0.5, 0.6) is 0 Å². The number of thioether (sulfide) groups is 1. The Kier molecular flexibility index (Phi) is 4.81. The monoisotopic (exact) mass is 396 g/mol. The predicted molar refractivity (Wildman–Crippen MR) is 111 cm³/mol. The second-order valence-electron chi connectivity index (χ2n) is 6.36. The van der Waals surface area contributed by atoms with E-state index in [0.29, 0.717) is 16.5 Å². The number of imide groups is 1. The van der Waals surface area contributed by atoms with E-state index in [9.17, 15) is 9.59 Å². The smallest absolute Gasteiger partial charge is 0.290 e. The number of aromatic nitrogens is 1. The van der Waals surface area contributed by atoms with Crippen LogP contribution in [0.4, 0.5) is 4.79 Å². The molecule has 27 heavy (non-hydrogen) atoms. The summed E-state index contributed by atoms with van der Waals surface area (Å²) in [7, 11) is 0. The highest BCUT2D eigenvalue weighted by Crippen LogP contribution is 2.31. The van der Waals surface area contributed by atoms with Gasteiger partial charge < -0.3 is 4.57 Å². The van der Waals surface area contributed by atoms with E-state index in [1.54, 1.807) is 6.08 Å². The van der Waals surface area contributed by atoms with E-state index < -0.39 is 0 Å². The zero-order valence-electron chi connectivity index (χ0n) is 14.7. The SMILES string of the molecule is CCc1cccc2c(/C=C3\SC(=O)NC3=O)cn(Cc3ccc(Cl)cc3)c12. The number of halogens is 1. The molecule has 0 atom stereocenters. The summed E-state index contributed by atoms with van der Waals surface area (Å²) in [6, 6.07) is 14.0. The van der Waals surface area contributed by atoms with E-state index in [2.05, 4.69) is 28.9 Å². The Labute approximate surface area is 166 Å². The number of rotatable bonds is 4. The lowest BCUT2D eigenvalue weighted by molar-refractivity contribution is -0.115. The fourth-order valence-electron chi connectivity index (χ4n) is 3.34. The molecule has 6 heteroatoms. The fraction of sp³-hybridized carbons (Fsp3) is 0.143. The number of carbonyl (C=O) groups excluding carboxylic acids is 2. The molecule has 0 radical (unpaired) electrons. The third-order valence-corrected chi connectivity index (χ3v) is 5.65. The number of amides is 2.